The third-order valence-corrected chi connectivity index (χ3v) is 5.44. The molecule has 8 nitrogen and oxygen atoms in total. The van der Waals surface area contributed by atoms with Gasteiger partial charge in [0.15, 0.2) is 11.5 Å². The molecule has 0 radical (unpaired) electrons. The van der Waals surface area contributed by atoms with E-state index in [2.05, 4.69) is 26.7 Å². The van der Waals surface area contributed by atoms with Crippen molar-refractivity contribution in [1.29, 1.82) is 0 Å². The van der Waals surface area contributed by atoms with Crippen molar-refractivity contribution in [3.8, 4) is 28.5 Å². The van der Waals surface area contributed by atoms with E-state index < -0.39 is 0 Å². The molecule has 5 rings (SSSR count). The van der Waals surface area contributed by atoms with Crippen LogP contribution in [0.15, 0.2) is 78.7 Å². The van der Waals surface area contributed by atoms with Crippen LogP contribution in [-0.4, -0.2) is 42.3 Å². The molecule has 3 N–H and O–H groups in total. The zero-order valence-corrected chi connectivity index (χ0v) is 19.6. The number of nitrogens with zero attached hydrogens (tertiary/aromatic N) is 4. The molecule has 0 atom stereocenters. The smallest absolute Gasteiger partial charge is 0.161 e. The SMILES string of the molecule is C=C(C)/C=C(\C=C(/C)O)c1ccc2[nH]nc(-c3nc4c(-c5cccc(OC)c5)nccc4[nH]3)c2n1. The molecule has 0 aliphatic carbocycles. The van der Waals surface area contributed by atoms with Crippen LogP contribution in [0.4, 0.5) is 0 Å². The first-order chi connectivity index (χ1) is 16.9. The average Bonchev–Trinajstić information content (AvgIpc) is 3.46. The minimum Gasteiger partial charge on any atom is -0.513 e. The number of H-pyrrole nitrogens is 2. The van der Waals surface area contributed by atoms with Crippen molar-refractivity contribution < 1.29 is 9.84 Å². The number of benzene rings is 1. The number of aromatic nitrogens is 6. The van der Waals surface area contributed by atoms with Gasteiger partial charge in [-0.15, -0.1) is 0 Å². The first-order valence-electron chi connectivity index (χ1n) is 11.0. The molecule has 0 bridgehead atoms. The van der Waals surface area contributed by atoms with Gasteiger partial charge in [-0.05, 0) is 50.3 Å². The Bertz CT molecular complexity index is 1640. The summed E-state index contributed by atoms with van der Waals surface area (Å²) < 4.78 is 5.37. The molecule has 0 fully saturated rings. The summed E-state index contributed by atoms with van der Waals surface area (Å²) in [4.78, 5) is 17.6. The van der Waals surface area contributed by atoms with Gasteiger partial charge in [0.1, 0.15) is 16.8 Å². The van der Waals surface area contributed by atoms with Crippen LogP contribution < -0.4 is 4.74 Å². The van der Waals surface area contributed by atoms with Crippen LogP contribution >= 0.6 is 0 Å². The molecule has 0 saturated carbocycles. The maximum absolute atomic E-state index is 9.85. The van der Waals surface area contributed by atoms with Gasteiger partial charge in [-0.2, -0.15) is 5.10 Å². The summed E-state index contributed by atoms with van der Waals surface area (Å²) in [5, 5.41) is 17.4. The summed E-state index contributed by atoms with van der Waals surface area (Å²) in [5.74, 6) is 1.51. The standard InChI is InChI=1S/C27H24N6O2/c1-15(2)12-18(13-16(3)34)20-8-9-22-25(29-20)26(33-32-22)27-30-21-10-11-28-23(24(21)31-27)17-6-5-7-19(14-17)35-4/h5-14,34H,1H2,2-4H3,(H,30,31)(H,32,33)/b16-13+,18-12+. The molecule has 1 aromatic carbocycles. The lowest BCUT2D eigenvalue weighted by atomic mass is 10.1. The van der Waals surface area contributed by atoms with Crippen molar-refractivity contribution in [2.45, 2.75) is 13.8 Å². The molecule has 4 aromatic heterocycles. The summed E-state index contributed by atoms with van der Waals surface area (Å²) in [6.45, 7) is 7.47. The molecule has 0 amide bonds. The van der Waals surface area contributed by atoms with E-state index in [1.165, 1.54) is 0 Å². The highest BCUT2D eigenvalue weighted by atomic mass is 16.5. The highest BCUT2D eigenvalue weighted by Gasteiger charge is 2.18. The van der Waals surface area contributed by atoms with Crippen molar-refractivity contribution in [2.24, 2.45) is 0 Å². The van der Waals surface area contributed by atoms with Crippen LogP contribution in [-0.2, 0) is 0 Å². The fraction of sp³-hybridized carbons (Fsp3) is 0.111. The number of allylic oxidation sites excluding steroid dienone is 5. The lowest BCUT2D eigenvalue weighted by Crippen LogP contribution is -1.91. The van der Waals surface area contributed by atoms with E-state index in [9.17, 15) is 5.11 Å². The van der Waals surface area contributed by atoms with Gasteiger partial charge in [0.2, 0.25) is 0 Å². The van der Waals surface area contributed by atoms with E-state index in [1.54, 1.807) is 26.3 Å². The Morgan fingerprint density at radius 1 is 1.00 bits per heavy atom. The Balaban J connectivity index is 1.65. The second-order valence-corrected chi connectivity index (χ2v) is 8.27. The van der Waals surface area contributed by atoms with Crippen molar-refractivity contribution in [3.05, 3.63) is 84.4 Å². The number of imidazole rings is 1. The zero-order chi connectivity index (χ0) is 24.5. The minimum atomic E-state index is 0.182. The largest absolute Gasteiger partial charge is 0.513 e. The van der Waals surface area contributed by atoms with E-state index in [1.807, 2.05) is 55.5 Å². The van der Waals surface area contributed by atoms with Crippen LogP contribution in [0.1, 0.15) is 19.5 Å². The van der Waals surface area contributed by atoms with Crippen LogP contribution in [0.3, 0.4) is 0 Å². The molecule has 8 heteroatoms. The van der Waals surface area contributed by atoms with Gasteiger partial charge in [0.05, 0.1) is 35.3 Å². The number of fused-ring (bicyclic) bond motifs is 2. The van der Waals surface area contributed by atoms with Gasteiger partial charge >= 0.3 is 0 Å². The van der Waals surface area contributed by atoms with E-state index in [4.69, 9.17) is 14.7 Å². The molecule has 35 heavy (non-hydrogen) atoms. The number of ether oxygens (including phenoxy) is 1. The topological polar surface area (TPSA) is 113 Å². The number of methoxy groups -OCH3 is 1. The second-order valence-electron chi connectivity index (χ2n) is 8.27. The number of hydrogen-bond acceptors (Lipinski definition) is 6. The lowest BCUT2D eigenvalue weighted by molar-refractivity contribution is 0.414. The van der Waals surface area contributed by atoms with Crippen LogP contribution in [0, 0.1) is 0 Å². The fourth-order valence-corrected chi connectivity index (χ4v) is 3.93. The van der Waals surface area contributed by atoms with Crippen molar-refractivity contribution >= 4 is 27.6 Å². The maximum Gasteiger partial charge on any atom is 0.161 e. The number of pyridine rings is 2. The maximum atomic E-state index is 9.85. The van der Waals surface area contributed by atoms with Crippen LogP contribution in [0.2, 0.25) is 0 Å². The Kier molecular flexibility index (Phi) is 5.62. The van der Waals surface area contributed by atoms with E-state index in [-0.39, 0.29) is 5.76 Å². The quantitative estimate of drug-likeness (QED) is 0.210. The molecule has 5 aromatic rings. The summed E-state index contributed by atoms with van der Waals surface area (Å²) in [6.07, 6.45) is 5.28. The fourth-order valence-electron chi connectivity index (χ4n) is 3.93. The number of aliphatic hydroxyl groups is 1. The second kappa shape index (κ2) is 8.90. The van der Waals surface area contributed by atoms with Crippen molar-refractivity contribution in [1.82, 2.24) is 30.1 Å². The van der Waals surface area contributed by atoms with Crippen molar-refractivity contribution in [2.75, 3.05) is 7.11 Å². The van der Waals surface area contributed by atoms with Gasteiger partial charge in [-0.1, -0.05) is 30.4 Å². The summed E-state index contributed by atoms with van der Waals surface area (Å²) in [7, 11) is 1.64. The summed E-state index contributed by atoms with van der Waals surface area (Å²) in [6, 6.07) is 13.4. The van der Waals surface area contributed by atoms with Gasteiger partial charge in [-0.3, -0.25) is 10.1 Å². The molecule has 0 saturated heterocycles. The third kappa shape index (κ3) is 4.29. The Morgan fingerprint density at radius 2 is 1.83 bits per heavy atom. The lowest BCUT2D eigenvalue weighted by Gasteiger charge is -2.04. The molecule has 0 spiro atoms. The predicted octanol–water partition coefficient (Wildman–Crippen LogP) is 5.99. The Labute approximate surface area is 201 Å². The molecular formula is C27H24N6O2. The third-order valence-electron chi connectivity index (χ3n) is 5.44. The minimum absolute atomic E-state index is 0.182. The number of hydrogen-bond donors (Lipinski definition) is 3. The molecular weight excluding hydrogens is 440 g/mol. The van der Waals surface area contributed by atoms with E-state index >= 15 is 0 Å². The summed E-state index contributed by atoms with van der Waals surface area (Å²) >= 11 is 0. The predicted molar refractivity (Wildman–Crippen MR) is 138 cm³/mol. The number of aromatic amines is 2. The van der Waals surface area contributed by atoms with Crippen molar-refractivity contribution in [3.63, 3.8) is 0 Å². The normalized spacial score (nSPS) is 12.4. The zero-order valence-electron chi connectivity index (χ0n) is 19.6. The molecule has 174 valence electrons. The first kappa shape index (κ1) is 22.1. The van der Waals surface area contributed by atoms with Crippen LogP contribution in [0.5, 0.6) is 5.75 Å². The highest BCUT2D eigenvalue weighted by Crippen LogP contribution is 2.31. The average molecular weight is 465 g/mol. The number of rotatable bonds is 6. The van der Waals surface area contributed by atoms with E-state index in [0.717, 1.165) is 44.7 Å². The molecule has 0 unspecified atom stereocenters. The molecule has 4 heterocycles. The Hall–Kier alpha value is -4.72. The Morgan fingerprint density at radius 3 is 2.60 bits per heavy atom. The van der Waals surface area contributed by atoms with Gasteiger partial charge < -0.3 is 14.8 Å². The first-order valence-corrected chi connectivity index (χ1v) is 11.0. The molecule has 0 aliphatic heterocycles. The number of nitrogens with one attached hydrogen (secondary N) is 2. The monoisotopic (exact) mass is 464 g/mol. The highest BCUT2D eigenvalue weighted by molar-refractivity contribution is 5.95. The number of aliphatic hydroxyl groups excluding tert-OH is 1. The van der Waals surface area contributed by atoms with Gasteiger partial charge in [-0.25, -0.2) is 9.97 Å². The van der Waals surface area contributed by atoms with Gasteiger partial charge in [0, 0.05) is 17.3 Å². The van der Waals surface area contributed by atoms with E-state index in [0.29, 0.717) is 22.7 Å². The molecule has 0 aliphatic rings. The summed E-state index contributed by atoms with van der Waals surface area (Å²) in [5.41, 5.74) is 7.52. The van der Waals surface area contributed by atoms with Gasteiger partial charge in [0.25, 0.3) is 0 Å². The van der Waals surface area contributed by atoms with Crippen LogP contribution in [0.25, 0.3) is 50.4 Å².